The second kappa shape index (κ2) is 3.54. The molecule has 14 heavy (non-hydrogen) atoms. The Morgan fingerprint density at radius 3 is 2.71 bits per heavy atom. The summed E-state index contributed by atoms with van der Waals surface area (Å²) in [7, 11) is 0. The Morgan fingerprint density at radius 2 is 2.00 bits per heavy atom. The molecule has 0 aliphatic heterocycles. The highest BCUT2D eigenvalue weighted by Crippen LogP contribution is 2.26. The summed E-state index contributed by atoms with van der Waals surface area (Å²) in [6.07, 6.45) is 0. The molecule has 0 amide bonds. The van der Waals surface area contributed by atoms with Gasteiger partial charge >= 0.3 is 0 Å². The second-order valence-electron chi connectivity index (χ2n) is 2.76. The third-order valence-electron chi connectivity index (χ3n) is 1.88. The van der Waals surface area contributed by atoms with E-state index >= 15 is 0 Å². The van der Waals surface area contributed by atoms with Crippen LogP contribution in [0, 0.1) is 0 Å². The molecule has 1 aromatic heterocycles. The SMILES string of the molecule is [2H]C([2H])([2H])C([2H])(c1nnc(Cl)c2ccccc12)C([2H])([2H])[2H]. The van der Waals surface area contributed by atoms with Gasteiger partial charge in [-0.3, -0.25) is 0 Å². The van der Waals surface area contributed by atoms with Crippen molar-refractivity contribution in [2.45, 2.75) is 19.6 Å². The molecule has 3 heteroatoms. The number of benzene rings is 1. The fraction of sp³-hybridized carbons (Fsp3) is 0.273. The number of fused-ring (bicyclic) bond motifs is 1. The molecule has 0 bridgehead atoms. The Kier molecular flexibility index (Phi) is 1.05. The highest BCUT2D eigenvalue weighted by atomic mass is 35.5. The molecule has 2 rings (SSSR count). The molecule has 0 aliphatic rings. The van der Waals surface area contributed by atoms with Gasteiger partial charge in [0.25, 0.3) is 0 Å². The lowest BCUT2D eigenvalue weighted by Gasteiger charge is -2.07. The standard InChI is InChI=1S/C11H11ClN2/c1-7(2)10-8-5-3-4-6-9(8)11(12)14-13-10/h3-7H,1-2H3/i1D3,2D3,7D. The van der Waals surface area contributed by atoms with E-state index in [1.54, 1.807) is 18.2 Å². The first kappa shape index (κ1) is 4.15. The van der Waals surface area contributed by atoms with Crippen molar-refractivity contribution in [1.82, 2.24) is 10.2 Å². The normalized spacial score (nSPS) is 21.1. The lowest BCUT2D eigenvalue weighted by Crippen LogP contribution is -1.97. The first-order valence-electron chi connectivity index (χ1n) is 7.41. The minimum Gasteiger partial charge on any atom is -0.153 e. The van der Waals surface area contributed by atoms with Crippen molar-refractivity contribution in [3.8, 4) is 0 Å². The van der Waals surface area contributed by atoms with Crippen LogP contribution in [0.2, 0.25) is 5.15 Å². The fourth-order valence-corrected chi connectivity index (χ4v) is 1.46. The van der Waals surface area contributed by atoms with Crippen LogP contribution in [-0.4, -0.2) is 10.2 Å². The largest absolute Gasteiger partial charge is 0.159 e. The van der Waals surface area contributed by atoms with Gasteiger partial charge in [0.15, 0.2) is 5.15 Å². The molecule has 0 atom stereocenters. The zero-order valence-electron chi connectivity index (χ0n) is 14.1. The summed E-state index contributed by atoms with van der Waals surface area (Å²) in [5, 5.41) is 7.79. The van der Waals surface area contributed by atoms with Gasteiger partial charge in [-0.05, 0) is 5.89 Å². The summed E-state index contributed by atoms with van der Waals surface area (Å²) >= 11 is 5.89. The predicted molar refractivity (Wildman–Crippen MR) is 58.6 cm³/mol. The molecule has 0 saturated heterocycles. The van der Waals surface area contributed by atoms with Crippen molar-refractivity contribution in [2.24, 2.45) is 0 Å². The lowest BCUT2D eigenvalue weighted by atomic mass is 10.0. The highest BCUT2D eigenvalue weighted by molar-refractivity contribution is 6.34. The number of hydrogen-bond acceptors (Lipinski definition) is 2. The quantitative estimate of drug-likeness (QED) is 0.726. The average molecular weight is 214 g/mol. The number of rotatable bonds is 1. The van der Waals surface area contributed by atoms with Crippen molar-refractivity contribution in [1.29, 1.82) is 0 Å². The summed E-state index contributed by atoms with van der Waals surface area (Å²) < 4.78 is 53.1. The number of nitrogens with zero attached hydrogens (tertiary/aromatic N) is 2. The first-order valence-corrected chi connectivity index (χ1v) is 4.29. The Hall–Kier alpha value is -1.15. The van der Waals surface area contributed by atoms with Crippen molar-refractivity contribution in [2.75, 3.05) is 0 Å². The van der Waals surface area contributed by atoms with E-state index in [4.69, 9.17) is 21.2 Å². The predicted octanol–water partition coefficient (Wildman–Crippen LogP) is 3.41. The first-order chi connectivity index (χ1) is 9.50. The zero-order valence-corrected chi connectivity index (χ0v) is 7.84. The van der Waals surface area contributed by atoms with E-state index in [1.165, 1.54) is 6.07 Å². The van der Waals surface area contributed by atoms with Crippen molar-refractivity contribution in [3.63, 3.8) is 0 Å². The molecule has 0 unspecified atom stereocenters. The molecule has 1 aromatic carbocycles. The Balaban J connectivity index is 2.89. The summed E-state index contributed by atoms with van der Waals surface area (Å²) in [6, 6.07) is 6.28. The molecule has 0 saturated carbocycles. The fourth-order valence-electron chi connectivity index (χ4n) is 1.26. The summed E-state index contributed by atoms with van der Waals surface area (Å²) in [6.45, 7) is -6.22. The maximum Gasteiger partial charge on any atom is 0.159 e. The van der Waals surface area contributed by atoms with E-state index in [2.05, 4.69) is 10.2 Å². The molecule has 0 fully saturated rings. The molecule has 1 heterocycles. The molecular formula is C11H11ClN2. The van der Waals surface area contributed by atoms with Gasteiger partial charge in [-0.25, -0.2) is 0 Å². The maximum atomic E-state index is 8.15. The van der Waals surface area contributed by atoms with Gasteiger partial charge < -0.3 is 0 Å². The summed E-state index contributed by atoms with van der Waals surface area (Å²) in [5.74, 6) is -2.89. The van der Waals surface area contributed by atoms with E-state index in [0.29, 0.717) is 5.39 Å². The monoisotopic (exact) mass is 213 g/mol. The average Bonchev–Trinajstić information content (AvgIpc) is 2.36. The highest BCUT2D eigenvalue weighted by Gasteiger charge is 2.09. The van der Waals surface area contributed by atoms with E-state index in [-0.39, 0.29) is 10.5 Å². The van der Waals surface area contributed by atoms with Gasteiger partial charge in [-0.2, -0.15) is 5.10 Å². The Labute approximate surface area is 97.8 Å². The van der Waals surface area contributed by atoms with E-state index in [0.717, 1.165) is 0 Å². The van der Waals surface area contributed by atoms with Crippen LogP contribution in [0.15, 0.2) is 24.3 Å². The van der Waals surface area contributed by atoms with Crippen LogP contribution < -0.4 is 0 Å². The van der Waals surface area contributed by atoms with Crippen LogP contribution in [-0.2, 0) is 0 Å². The Bertz CT molecular complexity index is 666. The van der Waals surface area contributed by atoms with E-state index < -0.39 is 25.3 Å². The molecule has 0 radical (unpaired) electrons. The number of halogens is 1. The molecule has 0 N–H and O–H groups in total. The summed E-state index contributed by atoms with van der Waals surface area (Å²) in [4.78, 5) is 0. The van der Waals surface area contributed by atoms with Crippen LogP contribution in [0.1, 0.15) is 34.9 Å². The van der Waals surface area contributed by atoms with Crippen molar-refractivity contribution in [3.05, 3.63) is 35.1 Å². The minimum absolute atomic E-state index is 0.0211. The van der Waals surface area contributed by atoms with Crippen LogP contribution in [0.5, 0.6) is 0 Å². The molecule has 0 spiro atoms. The van der Waals surface area contributed by atoms with Gasteiger partial charge in [0, 0.05) is 20.4 Å². The molecular weight excluding hydrogens is 196 g/mol. The zero-order chi connectivity index (χ0) is 16.1. The third kappa shape index (κ3) is 1.46. The van der Waals surface area contributed by atoms with Crippen LogP contribution in [0.4, 0.5) is 0 Å². The Morgan fingerprint density at radius 1 is 1.29 bits per heavy atom. The van der Waals surface area contributed by atoms with Crippen molar-refractivity contribution < 1.29 is 9.60 Å². The number of hydrogen-bond donors (Lipinski definition) is 0. The third-order valence-corrected chi connectivity index (χ3v) is 2.16. The van der Waals surface area contributed by atoms with Crippen LogP contribution in [0.25, 0.3) is 10.8 Å². The van der Waals surface area contributed by atoms with E-state index in [1.807, 2.05) is 0 Å². The lowest BCUT2D eigenvalue weighted by molar-refractivity contribution is 0.799. The second-order valence-corrected chi connectivity index (χ2v) is 3.12. The maximum absolute atomic E-state index is 8.15. The molecule has 72 valence electrons. The smallest absolute Gasteiger partial charge is 0.153 e. The van der Waals surface area contributed by atoms with Gasteiger partial charge in [-0.15, -0.1) is 5.10 Å². The van der Waals surface area contributed by atoms with Crippen LogP contribution >= 0.6 is 11.6 Å². The van der Waals surface area contributed by atoms with Crippen molar-refractivity contribution >= 4 is 22.4 Å². The number of aromatic nitrogens is 2. The van der Waals surface area contributed by atoms with Gasteiger partial charge in [0.1, 0.15) is 0 Å². The van der Waals surface area contributed by atoms with Gasteiger partial charge in [0.2, 0.25) is 0 Å². The van der Waals surface area contributed by atoms with Crippen LogP contribution in [0.3, 0.4) is 0 Å². The minimum atomic E-state index is -3.11. The van der Waals surface area contributed by atoms with Gasteiger partial charge in [-0.1, -0.05) is 49.6 Å². The molecule has 0 aliphatic carbocycles. The van der Waals surface area contributed by atoms with Gasteiger partial charge in [0.05, 0.1) is 5.69 Å². The topological polar surface area (TPSA) is 25.8 Å². The molecule has 2 nitrogen and oxygen atoms in total. The summed E-state index contributed by atoms with van der Waals surface area (Å²) in [5.41, 5.74) is -0.428. The molecule has 2 aromatic rings. The van der Waals surface area contributed by atoms with E-state index in [9.17, 15) is 0 Å².